The molecule has 0 aromatic heterocycles. The molecule has 19 heavy (non-hydrogen) atoms. The van der Waals surface area contributed by atoms with E-state index in [0.29, 0.717) is 25.0 Å². The summed E-state index contributed by atoms with van der Waals surface area (Å²) in [6.07, 6.45) is 10.1. The topological polar surface area (TPSA) is 80.9 Å². The summed E-state index contributed by atoms with van der Waals surface area (Å²) < 4.78 is 0. The first-order valence-electron chi connectivity index (χ1n) is 7.73. The van der Waals surface area contributed by atoms with E-state index in [1.807, 2.05) is 0 Å². The number of hydrogen-bond donors (Lipinski definition) is 4. The van der Waals surface area contributed by atoms with Crippen molar-refractivity contribution in [2.75, 3.05) is 26.4 Å². The molecular weight excluding hydrogens is 244 g/mol. The van der Waals surface area contributed by atoms with Crippen LogP contribution in [0.5, 0.6) is 0 Å². The van der Waals surface area contributed by atoms with Crippen molar-refractivity contribution in [1.82, 2.24) is 0 Å². The molecule has 1 saturated carbocycles. The Hall–Kier alpha value is -0.160. The van der Waals surface area contributed by atoms with Crippen LogP contribution in [-0.4, -0.2) is 46.9 Å². The maximum atomic E-state index is 8.58. The van der Waals surface area contributed by atoms with E-state index in [0.717, 1.165) is 38.5 Å². The van der Waals surface area contributed by atoms with Crippen LogP contribution in [0.1, 0.15) is 57.8 Å². The maximum absolute atomic E-state index is 8.58. The molecule has 4 N–H and O–H groups in total. The minimum Gasteiger partial charge on any atom is -0.396 e. The van der Waals surface area contributed by atoms with Crippen molar-refractivity contribution in [1.29, 1.82) is 0 Å². The molecule has 1 fully saturated rings. The summed E-state index contributed by atoms with van der Waals surface area (Å²) in [7, 11) is 0. The zero-order valence-electron chi connectivity index (χ0n) is 12.1. The molecule has 2 atom stereocenters. The summed E-state index contributed by atoms with van der Waals surface area (Å²) in [5, 5.41) is 34.1. The molecule has 1 rings (SSSR count). The van der Waals surface area contributed by atoms with Crippen LogP contribution in [0, 0.1) is 11.8 Å². The normalized spacial score (nSPS) is 21.5. The van der Waals surface area contributed by atoms with Gasteiger partial charge in [-0.1, -0.05) is 32.1 Å². The Balaban J connectivity index is 0.000000356. The van der Waals surface area contributed by atoms with Crippen molar-refractivity contribution in [3.8, 4) is 0 Å². The van der Waals surface area contributed by atoms with E-state index in [2.05, 4.69) is 0 Å². The SMILES string of the molecule is OCC1CCC1CO.OCCCCCCCCCO. The first-order valence-corrected chi connectivity index (χ1v) is 7.73. The average molecular weight is 276 g/mol. The van der Waals surface area contributed by atoms with Gasteiger partial charge in [-0.05, 0) is 37.5 Å². The van der Waals surface area contributed by atoms with Gasteiger partial charge < -0.3 is 20.4 Å². The third kappa shape index (κ3) is 10.3. The van der Waals surface area contributed by atoms with Gasteiger partial charge >= 0.3 is 0 Å². The van der Waals surface area contributed by atoms with Gasteiger partial charge in [0.15, 0.2) is 0 Å². The fraction of sp³-hybridized carbons (Fsp3) is 1.00. The van der Waals surface area contributed by atoms with Gasteiger partial charge in [-0.15, -0.1) is 0 Å². The van der Waals surface area contributed by atoms with Gasteiger partial charge in [-0.3, -0.25) is 0 Å². The van der Waals surface area contributed by atoms with Crippen molar-refractivity contribution in [2.24, 2.45) is 11.8 Å². The second kappa shape index (κ2) is 14.3. The van der Waals surface area contributed by atoms with E-state index < -0.39 is 0 Å². The number of aliphatic hydroxyl groups excluding tert-OH is 4. The van der Waals surface area contributed by atoms with Gasteiger partial charge in [0.1, 0.15) is 0 Å². The summed E-state index contributed by atoms with van der Waals surface area (Å²) in [5.41, 5.74) is 0. The highest BCUT2D eigenvalue weighted by molar-refractivity contribution is 4.78. The second-order valence-corrected chi connectivity index (χ2v) is 5.38. The van der Waals surface area contributed by atoms with Crippen LogP contribution in [0.25, 0.3) is 0 Å². The van der Waals surface area contributed by atoms with Crippen LogP contribution in [0.2, 0.25) is 0 Å². The highest BCUT2D eigenvalue weighted by atomic mass is 16.3. The minimum atomic E-state index is 0.255. The number of unbranched alkanes of at least 4 members (excludes halogenated alkanes) is 6. The summed E-state index contributed by atoms with van der Waals surface area (Å²) >= 11 is 0. The Morgan fingerprint density at radius 3 is 1.05 bits per heavy atom. The van der Waals surface area contributed by atoms with E-state index >= 15 is 0 Å². The number of rotatable bonds is 10. The van der Waals surface area contributed by atoms with E-state index in [9.17, 15) is 0 Å². The van der Waals surface area contributed by atoms with Gasteiger partial charge in [0.2, 0.25) is 0 Å². The molecule has 1 aliphatic rings. The van der Waals surface area contributed by atoms with Crippen molar-refractivity contribution >= 4 is 0 Å². The van der Waals surface area contributed by atoms with E-state index in [-0.39, 0.29) is 13.2 Å². The molecule has 0 aromatic carbocycles. The molecule has 0 saturated heterocycles. The first kappa shape index (κ1) is 18.8. The Kier molecular flexibility index (Phi) is 14.1. The Morgan fingerprint density at radius 1 is 0.526 bits per heavy atom. The van der Waals surface area contributed by atoms with Gasteiger partial charge in [0.25, 0.3) is 0 Å². The molecule has 0 aromatic rings. The predicted molar refractivity (Wildman–Crippen MR) is 76.9 cm³/mol. The van der Waals surface area contributed by atoms with Gasteiger partial charge in [-0.2, -0.15) is 0 Å². The quantitative estimate of drug-likeness (QED) is 0.458. The molecule has 0 heterocycles. The van der Waals surface area contributed by atoms with Gasteiger partial charge in [0.05, 0.1) is 0 Å². The smallest absolute Gasteiger partial charge is 0.0462 e. The Labute approximate surface area is 117 Å². The molecule has 1 aliphatic carbocycles. The Morgan fingerprint density at radius 2 is 0.842 bits per heavy atom. The van der Waals surface area contributed by atoms with Crippen LogP contribution in [0.15, 0.2) is 0 Å². The lowest BCUT2D eigenvalue weighted by molar-refractivity contribution is 0.0459. The summed E-state index contributed by atoms with van der Waals surface area (Å²) in [6.45, 7) is 1.17. The van der Waals surface area contributed by atoms with E-state index in [1.54, 1.807) is 0 Å². The van der Waals surface area contributed by atoms with Crippen molar-refractivity contribution in [3.63, 3.8) is 0 Å². The summed E-state index contributed by atoms with van der Waals surface area (Å²) in [4.78, 5) is 0. The molecule has 0 aliphatic heterocycles. The number of hydrogen-bond acceptors (Lipinski definition) is 4. The summed E-state index contributed by atoms with van der Waals surface area (Å²) in [5.74, 6) is 0.806. The van der Waals surface area contributed by atoms with E-state index in [1.165, 1.54) is 19.3 Å². The van der Waals surface area contributed by atoms with Crippen LogP contribution in [-0.2, 0) is 0 Å². The summed E-state index contributed by atoms with van der Waals surface area (Å²) in [6, 6.07) is 0. The minimum absolute atomic E-state index is 0.255. The lowest BCUT2D eigenvalue weighted by Crippen LogP contribution is -2.31. The van der Waals surface area contributed by atoms with Crippen LogP contribution in [0.4, 0.5) is 0 Å². The third-order valence-corrected chi connectivity index (χ3v) is 3.86. The standard InChI is InChI=1S/C9H20O2.C6H12O2/c10-8-6-4-2-1-3-5-7-9-11;7-3-5-1-2-6(5)4-8/h10-11H,1-9H2;5-8H,1-4H2. The zero-order chi connectivity index (χ0) is 14.3. The lowest BCUT2D eigenvalue weighted by atomic mass is 9.75. The monoisotopic (exact) mass is 276 g/mol. The first-order chi connectivity index (χ1) is 9.29. The average Bonchev–Trinajstić information content (AvgIpc) is 2.39. The number of aliphatic hydroxyl groups is 4. The molecule has 4 nitrogen and oxygen atoms in total. The highest BCUT2D eigenvalue weighted by Crippen LogP contribution is 2.32. The van der Waals surface area contributed by atoms with Crippen LogP contribution < -0.4 is 0 Å². The molecule has 0 bridgehead atoms. The molecule has 116 valence electrons. The predicted octanol–water partition coefficient (Wildman–Crippen LogP) is 1.70. The van der Waals surface area contributed by atoms with Crippen LogP contribution in [0.3, 0.4) is 0 Å². The molecule has 2 unspecified atom stereocenters. The fourth-order valence-electron chi connectivity index (χ4n) is 2.23. The van der Waals surface area contributed by atoms with Gasteiger partial charge in [-0.25, -0.2) is 0 Å². The third-order valence-electron chi connectivity index (χ3n) is 3.86. The second-order valence-electron chi connectivity index (χ2n) is 5.38. The van der Waals surface area contributed by atoms with Crippen molar-refractivity contribution in [2.45, 2.75) is 57.8 Å². The largest absolute Gasteiger partial charge is 0.396 e. The van der Waals surface area contributed by atoms with Gasteiger partial charge in [0, 0.05) is 26.4 Å². The maximum Gasteiger partial charge on any atom is 0.0462 e. The highest BCUT2D eigenvalue weighted by Gasteiger charge is 2.28. The zero-order valence-corrected chi connectivity index (χ0v) is 12.1. The molecule has 4 heteroatoms. The molecule has 0 spiro atoms. The Bertz CT molecular complexity index is 154. The fourth-order valence-corrected chi connectivity index (χ4v) is 2.23. The molecule has 0 amide bonds. The molecular formula is C15H32O4. The van der Waals surface area contributed by atoms with Crippen molar-refractivity contribution < 1.29 is 20.4 Å². The van der Waals surface area contributed by atoms with E-state index in [4.69, 9.17) is 20.4 Å². The van der Waals surface area contributed by atoms with Crippen molar-refractivity contribution in [3.05, 3.63) is 0 Å². The lowest BCUT2D eigenvalue weighted by Gasteiger charge is -2.33. The van der Waals surface area contributed by atoms with Crippen LogP contribution >= 0.6 is 0 Å². The molecule has 0 radical (unpaired) electrons.